The smallest absolute Gasteiger partial charge is 0.351 e. The van der Waals surface area contributed by atoms with E-state index < -0.39 is 34.6 Å². The van der Waals surface area contributed by atoms with Crippen LogP contribution in [0.4, 0.5) is 5.69 Å². The fraction of sp³-hybridized carbons (Fsp3) is 0.364. The molecule has 2 aliphatic heterocycles. The summed E-state index contributed by atoms with van der Waals surface area (Å²) >= 11 is 0. The van der Waals surface area contributed by atoms with Gasteiger partial charge in [0, 0.05) is 13.1 Å². The zero-order valence-electron chi connectivity index (χ0n) is 18.4. The molecule has 182 valence electrons. The van der Waals surface area contributed by atoms with Gasteiger partial charge in [-0.3, -0.25) is 4.79 Å². The number of amides is 1. The number of hydrogen-bond acceptors (Lipinski definition) is 9. The van der Waals surface area contributed by atoms with Crippen LogP contribution in [0.1, 0.15) is 0 Å². The summed E-state index contributed by atoms with van der Waals surface area (Å²) in [5.74, 6) is -0.266. The van der Waals surface area contributed by atoms with E-state index in [1.807, 2.05) is 0 Å². The Morgan fingerprint density at radius 1 is 1.12 bits per heavy atom. The third kappa shape index (κ3) is 5.24. The van der Waals surface area contributed by atoms with Crippen LogP contribution in [-0.2, 0) is 29.1 Å². The fourth-order valence-corrected chi connectivity index (χ4v) is 4.87. The number of rotatable bonds is 7. The molecule has 0 aliphatic carbocycles. The summed E-state index contributed by atoms with van der Waals surface area (Å²) in [5.41, 5.74) is 0.129. The topological polar surface area (TPSA) is 130 Å². The SMILES string of the molecule is COc1ccc(S(=O)(=O)N2CCOCC2)cc1NC(=O)COC(=O)[C@H]1COc2ccccc2O1. The number of methoxy groups -OCH3 is 1. The summed E-state index contributed by atoms with van der Waals surface area (Å²) in [7, 11) is -2.39. The van der Waals surface area contributed by atoms with Gasteiger partial charge in [0.15, 0.2) is 18.1 Å². The van der Waals surface area contributed by atoms with Gasteiger partial charge in [0.2, 0.25) is 16.1 Å². The number of nitrogens with zero attached hydrogens (tertiary/aromatic N) is 1. The highest BCUT2D eigenvalue weighted by Crippen LogP contribution is 2.31. The second kappa shape index (κ2) is 10.3. The quantitative estimate of drug-likeness (QED) is 0.564. The Kier molecular flexibility index (Phi) is 7.20. The van der Waals surface area contributed by atoms with Gasteiger partial charge in [-0.2, -0.15) is 4.31 Å². The number of fused-ring (bicyclic) bond motifs is 1. The summed E-state index contributed by atoms with van der Waals surface area (Å²) in [5, 5.41) is 2.53. The van der Waals surface area contributed by atoms with E-state index in [-0.39, 0.29) is 36.0 Å². The lowest BCUT2D eigenvalue weighted by Gasteiger charge is -2.26. The highest BCUT2D eigenvalue weighted by molar-refractivity contribution is 7.89. The second-order valence-corrected chi connectivity index (χ2v) is 9.34. The molecule has 2 aromatic rings. The van der Waals surface area contributed by atoms with Gasteiger partial charge in [-0.05, 0) is 30.3 Å². The minimum atomic E-state index is -3.78. The van der Waals surface area contributed by atoms with Crippen LogP contribution < -0.4 is 19.5 Å². The van der Waals surface area contributed by atoms with Gasteiger partial charge in [0.05, 0.1) is 30.9 Å². The maximum Gasteiger partial charge on any atom is 0.351 e. The van der Waals surface area contributed by atoms with Crippen LogP contribution >= 0.6 is 0 Å². The Balaban J connectivity index is 1.38. The summed E-state index contributed by atoms with van der Waals surface area (Å²) in [6, 6.07) is 11.0. The van der Waals surface area contributed by atoms with Crippen LogP contribution in [0.2, 0.25) is 0 Å². The Bertz CT molecular complexity index is 1160. The van der Waals surface area contributed by atoms with E-state index in [0.717, 1.165) is 0 Å². The molecule has 12 heteroatoms. The molecule has 1 N–H and O–H groups in total. The Hall–Kier alpha value is -3.35. The maximum absolute atomic E-state index is 12.9. The van der Waals surface area contributed by atoms with E-state index in [9.17, 15) is 18.0 Å². The molecular weight excluding hydrogens is 468 g/mol. The number of para-hydroxylation sites is 2. The molecule has 34 heavy (non-hydrogen) atoms. The molecule has 2 heterocycles. The van der Waals surface area contributed by atoms with Crippen LogP contribution in [0.25, 0.3) is 0 Å². The number of hydrogen-bond donors (Lipinski definition) is 1. The molecule has 0 aromatic heterocycles. The molecule has 0 unspecified atom stereocenters. The van der Waals surface area contributed by atoms with Gasteiger partial charge in [0.1, 0.15) is 12.4 Å². The zero-order valence-corrected chi connectivity index (χ0v) is 19.2. The summed E-state index contributed by atoms with van der Waals surface area (Å²) in [4.78, 5) is 24.8. The number of sulfonamides is 1. The number of carbonyl (C=O) groups excluding carboxylic acids is 2. The lowest BCUT2D eigenvalue weighted by atomic mass is 10.2. The van der Waals surface area contributed by atoms with Crippen LogP contribution in [0, 0.1) is 0 Å². The van der Waals surface area contributed by atoms with Gasteiger partial charge in [-0.1, -0.05) is 12.1 Å². The van der Waals surface area contributed by atoms with Crippen LogP contribution in [0.5, 0.6) is 17.2 Å². The van der Waals surface area contributed by atoms with Gasteiger partial charge < -0.3 is 29.0 Å². The van der Waals surface area contributed by atoms with E-state index in [1.165, 1.54) is 29.6 Å². The second-order valence-electron chi connectivity index (χ2n) is 7.40. The minimum absolute atomic E-state index is 0.00563. The standard InChI is InChI=1S/C22H24N2O9S/c1-29-17-7-6-15(34(27,28)24-8-10-30-11-9-24)12-16(17)23-21(25)14-32-22(26)20-13-31-18-4-2-3-5-19(18)33-20/h2-7,12,20H,8-11,13-14H2,1H3,(H,23,25)/t20-/m1/s1. The van der Waals surface area contributed by atoms with Crippen molar-refractivity contribution in [1.82, 2.24) is 4.31 Å². The number of nitrogens with one attached hydrogen (secondary N) is 1. The summed E-state index contributed by atoms with van der Waals surface area (Å²) < 4.78 is 53.7. The molecule has 1 amide bonds. The summed E-state index contributed by atoms with van der Waals surface area (Å²) in [6.07, 6.45) is -1.01. The van der Waals surface area contributed by atoms with Gasteiger partial charge in [-0.25, -0.2) is 13.2 Å². The molecule has 11 nitrogen and oxygen atoms in total. The normalized spacial score (nSPS) is 18.1. The van der Waals surface area contributed by atoms with E-state index in [4.69, 9.17) is 23.7 Å². The molecule has 1 saturated heterocycles. The highest BCUT2D eigenvalue weighted by atomic mass is 32.2. The maximum atomic E-state index is 12.9. The third-order valence-electron chi connectivity index (χ3n) is 5.17. The lowest BCUT2D eigenvalue weighted by Crippen LogP contribution is -2.40. The average Bonchev–Trinajstić information content (AvgIpc) is 2.87. The first kappa shape index (κ1) is 23.8. The lowest BCUT2D eigenvalue weighted by molar-refractivity contribution is -0.156. The highest BCUT2D eigenvalue weighted by Gasteiger charge is 2.30. The number of morpholine rings is 1. The Morgan fingerprint density at radius 2 is 1.85 bits per heavy atom. The third-order valence-corrected chi connectivity index (χ3v) is 7.06. The first-order valence-corrected chi connectivity index (χ1v) is 11.9. The van der Waals surface area contributed by atoms with Crippen molar-refractivity contribution >= 4 is 27.6 Å². The Labute approximate surface area is 196 Å². The van der Waals surface area contributed by atoms with Gasteiger partial charge in [-0.15, -0.1) is 0 Å². The molecule has 0 bridgehead atoms. The van der Waals surface area contributed by atoms with E-state index in [2.05, 4.69) is 5.32 Å². The number of anilines is 1. The van der Waals surface area contributed by atoms with Gasteiger partial charge >= 0.3 is 5.97 Å². The number of ether oxygens (including phenoxy) is 5. The molecule has 1 fully saturated rings. The minimum Gasteiger partial charge on any atom is -0.495 e. The van der Waals surface area contributed by atoms with Crippen molar-refractivity contribution in [2.45, 2.75) is 11.0 Å². The molecule has 0 radical (unpaired) electrons. The number of benzene rings is 2. The molecule has 2 aromatic carbocycles. The van der Waals surface area contributed by atoms with Crippen molar-refractivity contribution < 1.29 is 41.7 Å². The van der Waals surface area contributed by atoms with Crippen LogP contribution in [0.3, 0.4) is 0 Å². The van der Waals surface area contributed by atoms with Crippen LogP contribution in [-0.4, -0.2) is 77.3 Å². The van der Waals surface area contributed by atoms with Crippen molar-refractivity contribution in [2.75, 3.05) is 51.9 Å². The Morgan fingerprint density at radius 3 is 2.59 bits per heavy atom. The monoisotopic (exact) mass is 492 g/mol. The van der Waals surface area contributed by atoms with Crippen molar-refractivity contribution in [1.29, 1.82) is 0 Å². The molecule has 0 spiro atoms. The van der Waals surface area contributed by atoms with E-state index >= 15 is 0 Å². The van der Waals surface area contributed by atoms with Crippen molar-refractivity contribution in [3.05, 3.63) is 42.5 Å². The van der Waals surface area contributed by atoms with E-state index in [1.54, 1.807) is 24.3 Å². The van der Waals surface area contributed by atoms with Crippen molar-refractivity contribution in [3.63, 3.8) is 0 Å². The predicted molar refractivity (Wildman–Crippen MR) is 119 cm³/mol. The predicted octanol–water partition coefficient (Wildman–Crippen LogP) is 1.04. The van der Waals surface area contributed by atoms with Gasteiger partial charge in [0.25, 0.3) is 5.91 Å². The molecule has 0 saturated carbocycles. The molecule has 1 atom stereocenters. The molecule has 2 aliphatic rings. The number of carbonyl (C=O) groups is 2. The van der Waals surface area contributed by atoms with E-state index in [0.29, 0.717) is 24.7 Å². The van der Waals surface area contributed by atoms with Crippen molar-refractivity contribution in [3.8, 4) is 17.2 Å². The molecular formula is C22H24N2O9S. The zero-order chi connectivity index (χ0) is 24.1. The first-order chi connectivity index (χ1) is 16.4. The average molecular weight is 493 g/mol. The largest absolute Gasteiger partial charge is 0.495 e. The van der Waals surface area contributed by atoms with Crippen LogP contribution in [0.15, 0.2) is 47.4 Å². The summed E-state index contributed by atoms with van der Waals surface area (Å²) in [6.45, 7) is 0.445. The first-order valence-electron chi connectivity index (χ1n) is 10.5. The van der Waals surface area contributed by atoms with Crippen molar-refractivity contribution in [2.24, 2.45) is 0 Å². The number of esters is 1. The fourth-order valence-electron chi connectivity index (χ4n) is 3.43. The molecule has 4 rings (SSSR count).